The lowest BCUT2D eigenvalue weighted by atomic mass is 10.2. The number of hydrogen-bond acceptors (Lipinski definition) is 1. The summed E-state index contributed by atoms with van der Waals surface area (Å²) in [5.41, 5.74) is 2.41. The number of rotatable bonds is 1. The summed E-state index contributed by atoms with van der Waals surface area (Å²) in [5.74, 6) is 0. The van der Waals surface area contributed by atoms with Crippen molar-refractivity contribution in [3.05, 3.63) is 35.4 Å². The van der Waals surface area contributed by atoms with Gasteiger partial charge in [0.05, 0.1) is 0 Å². The zero-order valence-electron chi connectivity index (χ0n) is 5.91. The third-order valence-corrected chi connectivity index (χ3v) is 1.41. The first-order chi connectivity index (χ1) is 4.83. The maximum Gasteiger partial charge on any atom is 0.0322 e. The molecule has 0 amide bonds. The minimum Gasteiger partial charge on any atom is -0.276 e. The van der Waals surface area contributed by atoms with Crippen molar-refractivity contribution >= 4 is 15.6 Å². The molecule has 0 fully saturated rings. The predicted octanol–water partition coefficient (Wildman–Crippen LogP) is 2.20. The zero-order valence-corrected chi connectivity index (χ0v) is 7.07. The van der Waals surface area contributed by atoms with Crippen LogP contribution in [0.2, 0.25) is 0 Å². The van der Waals surface area contributed by atoms with Crippen LogP contribution in [-0.4, -0.2) is 6.21 Å². The second kappa shape index (κ2) is 3.48. The van der Waals surface area contributed by atoms with Gasteiger partial charge in [-0.3, -0.25) is 4.76 Å². The largest absolute Gasteiger partial charge is 0.276 e. The Morgan fingerprint density at radius 1 is 1.50 bits per heavy atom. The lowest BCUT2D eigenvalue weighted by Gasteiger charge is -1.92. The van der Waals surface area contributed by atoms with Crippen LogP contribution in [0, 0.1) is 6.92 Å². The minimum absolute atomic E-state index is 1.15. The van der Waals surface area contributed by atoms with Crippen molar-refractivity contribution < 1.29 is 0 Å². The molecule has 10 heavy (non-hydrogen) atoms. The van der Waals surface area contributed by atoms with E-state index in [1.165, 1.54) is 5.56 Å². The lowest BCUT2D eigenvalue weighted by molar-refractivity contribution is 1.46. The monoisotopic (exact) mass is 151 g/mol. The minimum atomic E-state index is 1.15. The van der Waals surface area contributed by atoms with Crippen molar-refractivity contribution in [2.24, 2.45) is 4.76 Å². The second-order valence-corrected chi connectivity index (χ2v) is 2.49. The van der Waals surface area contributed by atoms with Gasteiger partial charge in [-0.2, -0.15) is 0 Å². The van der Waals surface area contributed by atoms with Gasteiger partial charge < -0.3 is 0 Å². The molecular formula is C8H10NP. The van der Waals surface area contributed by atoms with Gasteiger partial charge in [-0.1, -0.05) is 29.8 Å². The number of hydrogen-bond donors (Lipinski definition) is 0. The van der Waals surface area contributed by atoms with Gasteiger partial charge in [0.1, 0.15) is 0 Å². The van der Waals surface area contributed by atoms with E-state index < -0.39 is 0 Å². The first kappa shape index (κ1) is 7.43. The third-order valence-electron chi connectivity index (χ3n) is 1.27. The van der Waals surface area contributed by atoms with Crippen LogP contribution in [-0.2, 0) is 0 Å². The summed E-state index contributed by atoms with van der Waals surface area (Å²) in [4.78, 5) is 0. The maximum atomic E-state index is 3.84. The van der Waals surface area contributed by atoms with Gasteiger partial charge in [0, 0.05) is 6.21 Å². The van der Waals surface area contributed by atoms with Crippen LogP contribution >= 0.6 is 9.39 Å². The second-order valence-electron chi connectivity index (χ2n) is 2.19. The Hall–Kier alpha value is -0.680. The van der Waals surface area contributed by atoms with Crippen molar-refractivity contribution in [1.82, 2.24) is 0 Å². The molecule has 52 valence electrons. The maximum absolute atomic E-state index is 3.84. The van der Waals surface area contributed by atoms with E-state index >= 15 is 0 Å². The van der Waals surface area contributed by atoms with E-state index in [1.807, 2.05) is 18.3 Å². The summed E-state index contributed by atoms with van der Waals surface area (Å²) in [7, 11) is 2.31. The molecule has 0 heterocycles. The molecule has 0 aromatic heterocycles. The molecule has 0 spiro atoms. The first-order valence-electron chi connectivity index (χ1n) is 3.13. The van der Waals surface area contributed by atoms with Crippen LogP contribution in [0.15, 0.2) is 29.0 Å². The van der Waals surface area contributed by atoms with Crippen LogP contribution in [0.3, 0.4) is 0 Å². The summed E-state index contributed by atoms with van der Waals surface area (Å²) < 4.78 is 3.84. The Bertz CT molecular complexity index is 243. The summed E-state index contributed by atoms with van der Waals surface area (Å²) in [5, 5.41) is 0. The highest BCUT2D eigenvalue weighted by Crippen LogP contribution is 2.01. The average molecular weight is 151 g/mol. The summed E-state index contributed by atoms with van der Waals surface area (Å²) in [6.45, 7) is 2.07. The van der Waals surface area contributed by atoms with E-state index in [9.17, 15) is 0 Å². The summed E-state index contributed by atoms with van der Waals surface area (Å²) >= 11 is 0. The van der Waals surface area contributed by atoms with E-state index in [2.05, 4.69) is 33.2 Å². The normalized spacial score (nSPS) is 10.6. The van der Waals surface area contributed by atoms with Crippen molar-refractivity contribution in [3.63, 3.8) is 0 Å². The molecule has 0 aliphatic carbocycles. The van der Waals surface area contributed by atoms with Crippen molar-refractivity contribution in [1.29, 1.82) is 0 Å². The Morgan fingerprint density at radius 2 is 2.30 bits per heavy atom. The molecule has 0 bridgehead atoms. The highest BCUT2D eigenvalue weighted by atomic mass is 31.0. The van der Waals surface area contributed by atoms with Gasteiger partial charge in [0.15, 0.2) is 0 Å². The Balaban J connectivity index is 2.95. The van der Waals surface area contributed by atoms with Gasteiger partial charge >= 0.3 is 0 Å². The quantitative estimate of drug-likeness (QED) is 0.431. The molecule has 2 heteroatoms. The average Bonchev–Trinajstić information content (AvgIpc) is 1.88. The summed E-state index contributed by atoms with van der Waals surface area (Å²) in [6, 6.07) is 8.21. The number of nitrogens with zero attached hydrogens (tertiary/aromatic N) is 1. The SMILES string of the molecule is Cc1cccc(/C=N/P)c1. The number of aryl methyl sites for hydroxylation is 1. The lowest BCUT2D eigenvalue weighted by Crippen LogP contribution is -1.79. The van der Waals surface area contributed by atoms with E-state index in [4.69, 9.17) is 0 Å². The van der Waals surface area contributed by atoms with Gasteiger partial charge in [-0.25, -0.2) is 0 Å². The van der Waals surface area contributed by atoms with Crippen LogP contribution in [0.25, 0.3) is 0 Å². The topological polar surface area (TPSA) is 12.4 Å². The van der Waals surface area contributed by atoms with Gasteiger partial charge in [-0.15, -0.1) is 0 Å². The van der Waals surface area contributed by atoms with Crippen LogP contribution in [0.1, 0.15) is 11.1 Å². The molecular weight excluding hydrogens is 141 g/mol. The van der Waals surface area contributed by atoms with E-state index in [0.717, 1.165) is 5.56 Å². The molecule has 1 atom stereocenters. The smallest absolute Gasteiger partial charge is 0.0322 e. The molecule has 0 N–H and O–H groups in total. The van der Waals surface area contributed by atoms with Crippen molar-refractivity contribution in [2.45, 2.75) is 6.92 Å². The van der Waals surface area contributed by atoms with E-state index in [-0.39, 0.29) is 0 Å². The fraction of sp³-hybridized carbons (Fsp3) is 0.125. The fourth-order valence-electron chi connectivity index (χ4n) is 0.836. The highest BCUT2D eigenvalue weighted by molar-refractivity contribution is 7.15. The zero-order chi connectivity index (χ0) is 7.40. The molecule has 1 rings (SSSR count). The Kier molecular flexibility index (Phi) is 2.58. The Morgan fingerprint density at radius 3 is 2.90 bits per heavy atom. The Labute approximate surface area is 63.4 Å². The number of benzene rings is 1. The van der Waals surface area contributed by atoms with Crippen molar-refractivity contribution in [2.75, 3.05) is 0 Å². The third kappa shape index (κ3) is 1.93. The van der Waals surface area contributed by atoms with Crippen LogP contribution in [0.4, 0.5) is 0 Å². The van der Waals surface area contributed by atoms with Crippen LogP contribution < -0.4 is 0 Å². The van der Waals surface area contributed by atoms with E-state index in [1.54, 1.807) is 0 Å². The molecule has 0 radical (unpaired) electrons. The molecule has 0 aliphatic rings. The molecule has 0 saturated carbocycles. The standard InChI is InChI=1S/C8H10NP/c1-7-3-2-4-8(5-7)6-9-10/h2-6H,10H2,1H3/b9-6+. The van der Waals surface area contributed by atoms with E-state index in [0.29, 0.717) is 0 Å². The van der Waals surface area contributed by atoms with Crippen LogP contribution in [0.5, 0.6) is 0 Å². The van der Waals surface area contributed by atoms with Gasteiger partial charge in [0.2, 0.25) is 0 Å². The molecule has 1 nitrogen and oxygen atoms in total. The predicted molar refractivity (Wildman–Crippen MR) is 48.5 cm³/mol. The molecule has 1 aromatic carbocycles. The molecule has 0 saturated heterocycles. The van der Waals surface area contributed by atoms with Gasteiger partial charge in [0.25, 0.3) is 0 Å². The fourth-order valence-corrected chi connectivity index (χ4v) is 1.01. The molecule has 1 unspecified atom stereocenters. The first-order valence-corrected chi connectivity index (χ1v) is 3.64. The molecule has 1 aromatic rings. The van der Waals surface area contributed by atoms with Crippen molar-refractivity contribution in [3.8, 4) is 0 Å². The summed E-state index contributed by atoms with van der Waals surface area (Å²) in [6.07, 6.45) is 1.82. The molecule has 0 aliphatic heterocycles. The highest BCUT2D eigenvalue weighted by Gasteiger charge is 1.85. The van der Waals surface area contributed by atoms with Gasteiger partial charge in [-0.05, 0) is 21.9 Å².